The zero-order valence-electron chi connectivity index (χ0n) is 7.04. The summed E-state index contributed by atoms with van der Waals surface area (Å²) < 4.78 is 5.50. The topological polar surface area (TPSA) is 9.23 Å². The Morgan fingerprint density at radius 3 is 2.54 bits per heavy atom. The standard InChI is InChI=1S/C10H10ClIO/c1-2-10(12)13-9-5-3-8(7-11)4-6-9/h2-6,10H,1,7H2. The first-order valence-electron chi connectivity index (χ1n) is 3.84. The molecule has 0 bridgehead atoms. The van der Waals surface area contributed by atoms with Gasteiger partial charge < -0.3 is 4.74 Å². The van der Waals surface area contributed by atoms with E-state index in [1.54, 1.807) is 6.08 Å². The van der Waals surface area contributed by atoms with Gasteiger partial charge in [-0.3, -0.25) is 0 Å². The maximum Gasteiger partial charge on any atom is 0.167 e. The van der Waals surface area contributed by atoms with Crippen molar-refractivity contribution in [2.75, 3.05) is 0 Å². The highest BCUT2D eigenvalue weighted by Gasteiger charge is 1.99. The molecule has 0 saturated carbocycles. The summed E-state index contributed by atoms with van der Waals surface area (Å²) >= 11 is 7.81. The fourth-order valence-electron chi connectivity index (χ4n) is 0.835. The molecule has 0 aliphatic carbocycles. The molecule has 0 saturated heterocycles. The Kier molecular flexibility index (Phi) is 4.59. The molecule has 1 rings (SSSR count). The molecule has 1 nitrogen and oxygen atoms in total. The van der Waals surface area contributed by atoms with Crippen LogP contribution in [0.15, 0.2) is 36.9 Å². The van der Waals surface area contributed by atoms with Gasteiger partial charge in [0.1, 0.15) is 5.75 Å². The highest BCUT2D eigenvalue weighted by Crippen LogP contribution is 2.17. The summed E-state index contributed by atoms with van der Waals surface area (Å²) in [6.07, 6.45) is 1.75. The number of alkyl halides is 2. The molecule has 0 aliphatic rings. The Balaban J connectivity index is 2.63. The summed E-state index contributed by atoms with van der Waals surface area (Å²) in [7, 11) is 0. The predicted molar refractivity (Wildman–Crippen MR) is 64.6 cm³/mol. The van der Waals surface area contributed by atoms with Gasteiger partial charge in [0.15, 0.2) is 4.11 Å². The molecular formula is C10H10ClIO. The second-order valence-corrected chi connectivity index (χ2v) is 3.98. The smallest absolute Gasteiger partial charge is 0.167 e. The number of hydrogen-bond donors (Lipinski definition) is 0. The molecule has 13 heavy (non-hydrogen) atoms. The van der Waals surface area contributed by atoms with Crippen molar-refractivity contribution >= 4 is 34.2 Å². The van der Waals surface area contributed by atoms with Crippen molar-refractivity contribution < 1.29 is 4.74 Å². The first-order chi connectivity index (χ1) is 6.26. The van der Waals surface area contributed by atoms with Crippen LogP contribution in [0, 0.1) is 0 Å². The van der Waals surface area contributed by atoms with Crippen LogP contribution in [-0.2, 0) is 5.88 Å². The summed E-state index contributed by atoms with van der Waals surface area (Å²) in [5, 5.41) is 0. The molecule has 0 N–H and O–H groups in total. The van der Waals surface area contributed by atoms with Gasteiger partial charge in [-0.05, 0) is 46.4 Å². The Morgan fingerprint density at radius 2 is 2.08 bits per heavy atom. The van der Waals surface area contributed by atoms with Gasteiger partial charge >= 0.3 is 0 Å². The van der Waals surface area contributed by atoms with Crippen molar-refractivity contribution in [3.05, 3.63) is 42.5 Å². The van der Waals surface area contributed by atoms with Crippen molar-refractivity contribution in [1.29, 1.82) is 0 Å². The summed E-state index contributed by atoms with van der Waals surface area (Å²) in [5.74, 6) is 1.38. The van der Waals surface area contributed by atoms with Gasteiger partial charge in [-0.2, -0.15) is 0 Å². The number of hydrogen-bond acceptors (Lipinski definition) is 1. The van der Waals surface area contributed by atoms with E-state index in [-0.39, 0.29) is 4.11 Å². The quantitative estimate of drug-likeness (QED) is 0.467. The third-order valence-electron chi connectivity index (χ3n) is 1.51. The van der Waals surface area contributed by atoms with Crippen molar-refractivity contribution in [2.45, 2.75) is 9.99 Å². The lowest BCUT2D eigenvalue weighted by atomic mass is 10.2. The monoisotopic (exact) mass is 308 g/mol. The van der Waals surface area contributed by atoms with E-state index in [0.29, 0.717) is 5.88 Å². The van der Waals surface area contributed by atoms with Crippen LogP contribution in [0.25, 0.3) is 0 Å². The summed E-state index contributed by atoms with van der Waals surface area (Å²) in [5.41, 5.74) is 1.10. The van der Waals surface area contributed by atoms with Crippen LogP contribution in [0.1, 0.15) is 5.56 Å². The van der Waals surface area contributed by atoms with Gasteiger partial charge in [0.25, 0.3) is 0 Å². The van der Waals surface area contributed by atoms with Crippen LogP contribution >= 0.6 is 34.2 Å². The van der Waals surface area contributed by atoms with E-state index < -0.39 is 0 Å². The molecule has 0 aromatic heterocycles. The first-order valence-corrected chi connectivity index (χ1v) is 5.62. The van der Waals surface area contributed by atoms with E-state index >= 15 is 0 Å². The van der Waals surface area contributed by atoms with Gasteiger partial charge in [0.2, 0.25) is 0 Å². The fraction of sp³-hybridized carbons (Fsp3) is 0.200. The van der Waals surface area contributed by atoms with E-state index in [0.717, 1.165) is 11.3 Å². The lowest BCUT2D eigenvalue weighted by Gasteiger charge is -2.08. The van der Waals surface area contributed by atoms with Crippen molar-refractivity contribution in [2.24, 2.45) is 0 Å². The highest BCUT2D eigenvalue weighted by atomic mass is 127. The fourth-order valence-corrected chi connectivity index (χ4v) is 1.31. The molecule has 70 valence electrons. The molecule has 1 aromatic carbocycles. The molecule has 1 aromatic rings. The largest absolute Gasteiger partial charge is 0.476 e. The molecule has 1 atom stereocenters. The number of halogens is 2. The molecule has 3 heteroatoms. The molecule has 1 unspecified atom stereocenters. The average molecular weight is 309 g/mol. The van der Waals surface area contributed by atoms with Crippen molar-refractivity contribution in [3.63, 3.8) is 0 Å². The minimum atomic E-state index is 0.0134. The predicted octanol–water partition coefficient (Wildman–Crippen LogP) is 3.75. The first kappa shape index (κ1) is 10.9. The maximum absolute atomic E-state index is 5.65. The minimum Gasteiger partial charge on any atom is -0.476 e. The highest BCUT2D eigenvalue weighted by molar-refractivity contribution is 14.1. The minimum absolute atomic E-state index is 0.0134. The number of rotatable bonds is 4. The van der Waals surface area contributed by atoms with Crippen LogP contribution < -0.4 is 4.74 Å². The van der Waals surface area contributed by atoms with Crippen LogP contribution in [0.3, 0.4) is 0 Å². The third-order valence-corrected chi connectivity index (χ3v) is 2.58. The molecule has 0 amide bonds. The molecule has 0 spiro atoms. The average Bonchev–Trinajstić information content (AvgIpc) is 2.19. The Hall–Kier alpha value is -0.220. The second-order valence-electron chi connectivity index (χ2n) is 2.48. The third kappa shape index (κ3) is 3.56. The second kappa shape index (κ2) is 5.50. The summed E-state index contributed by atoms with van der Waals surface area (Å²) in [4.78, 5) is 0. The van der Waals surface area contributed by atoms with Crippen LogP contribution in [-0.4, -0.2) is 4.11 Å². The van der Waals surface area contributed by atoms with Gasteiger partial charge in [0.05, 0.1) is 0 Å². The van der Waals surface area contributed by atoms with E-state index in [2.05, 4.69) is 29.2 Å². The van der Waals surface area contributed by atoms with Crippen molar-refractivity contribution in [3.8, 4) is 5.75 Å². The molecular weight excluding hydrogens is 298 g/mol. The van der Waals surface area contributed by atoms with E-state index in [1.807, 2.05) is 24.3 Å². The lowest BCUT2D eigenvalue weighted by molar-refractivity contribution is 0.346. The maximum atomic E-state index is 5.65. The molecule has 0 aliphatic heterocycles. The zero-order chi connectivity index (χ0) is 9.68. The Bertz CT molecular complexity index is 271. The van der Waals surface area contributed by atoms with E-state index in [4.69, 9.17) is 16.3 Å². The zero-order valence-corrected chi connectivity index (χ0v) is 9.96. The Labute approximate surface area is 96.9 Å². The summed E-state index contributed by atoms with van der Waals surface area (Å²) in [6.45, 7) is 3.64. The molecule has 0 radical (unpaired) electrons. The van der Waals surface area contributed by atoms with Gasteiger partial charge in [-0.15, -0.1) is 11.6 Å². The van der Waals surface area contributed by atoms with Crippen LogP contribution in [0.4, 0.5) is 0 Å². The summed E-state index contributed by atoms with van der Waals surface area (Å²) in [6, 6.07) is 7.73. The van der Waals surface area contributed by atoms with Gasteiger partial charge in [0, 0.05) is 5.88 Å². The van der Waals surface area contributed by atoms with Crippen LogP contribution in [0.2, 0.25) is 0 Å². The SMILES string of the molecule is C=CC(I)Oc1ccc(CCl)cc1. The Morgan fingerprint density at radius 1 is 1.46 bits per heavy atom. The normalized spacial score (nSPS) is 12.2. The van der Waals surface area contributed by atoms with E-state index in [9.17, 15) is 0 Å². The van der Waals surface area contributed by atoms with Crippen LogP contribution in [0.5, 0.6) is 5.75 Å². The van der Waals surface area contributed by atoms with Gasteiger partial charge in [-0.25, -0.2) is 0 Å². The number of ether oxygens (including phenoxy) is 1. The van der Waals surface area contributed by atoms with Crippen molar-refractivity contribution in [1.82, 2.24) is 0 Å². The number of benzene rings is 1. The molecule has 0 fully saturated rings. The van der Waals surface area contributed by atoms with E-state index in [1.165, 1.54) is 0 Å². The van der Waals surface area contributed by atoms with Gasteiger partial charge in [-0.1, -0.05) is 18.7 Å². The molecule has 0 heterocycles. The lowest BCUT2D eigenvalue weighted by Crippen LogP contribution is -2.02.